The highest BCUT2D eigenvalue weighted by Gasteiger charge is 2.40. The molecule has 23 heavy (non-hydrogen) atoms. The van der Waals surface area contributed by atoms with Gasteiger partial charge in [-0.3, -0.25) is 9.88 Å². The third-order valence-corrected chi connectivity index (χ3v) is 4.52. The first-order valence-electron chi connectivity index (χ1n) is 7.95. The van der Waals surface area contributed by atoms with E-state index in [1.807, 2.05) is 34.2 Å². The number of imidazole rings is 1. The van der Waals surface area contributed by atoms with Crippen LogP contribution in [0, 0.1) is 0 Å². The van der Waals surface area contributed by atoms with Crippen LogP contribution in [0.2, 0.25) is 0 Å². The molecule has 120 valence electrons. The van der Waals surface area contributed by atoms with E-state index in [4.69, 9.17) is 0 Å². The maximum atomic E-state index is 12.6. The van der Waals surface area contributed by atoms with E-state index in [9.17, 15) is 4.79 Å². The maximum absolute atomic E-state index is 12.6. The van der Waals surface area contributed by atoms with Gasteiger partial charge in [-0.05, 0) is 12.1 Å². The van der Waals surface area contributed by atoms with Crippen molar-refractivity contribution in [3.8, 4) is 0 Å². The van der Waals surface area contributed by atoms with Crippen molar-refractivity contribution in [2.24, 2.45) is 0 Å². The minimum Gasteiger partial charge on any atom is -0.348 e. The van der Waals surface area contributed by atoms with Gasteiger partial charge in [-0.15, -0.1) is 0 Å². The van der Waals surface area contributed by atoms with Crippen LogP contribution in [-0.4, -0.2) is 67.9 Å². The summed E-state index contributed by atoms with van der Waals surface area (Å²) in [7, 11) is 0. The van der Waals surface area contributed by atoms with Gasteiger partial charge < -0.3 is 14.8 Å². The van der Waals surface area contributed by atoms with E-state index in [0.29, 0.717) is 6.54 Å². The Bertz CT molecular complexity index is 658. The van der Waals surface area contributed by atoms with Crippen LogP contribution in [0.15, 0.2) is 36.8 Å². The Kier molecular flexibility index (Phi) is 3.70. The Labute approximate surface area is 134 Å². The summed E-state index contributed by atoms with van der Waals surface area (Å²) in [6.07, 6.45) is 5.40. The van der Waals surface area contributed by atoms with Crippen LogP contribution in [0.3, 0.4) is 0 Å². The fraction of sp³-hybridized carbons (Fsp3) is 0.438. The first-order chi connectivity index (χ1) is 11.3. The summed E-state index contributed by atoms with van der Waals surface area (Å²) in [5, 5.41) is 0. The number of amides is 2. The van der Waals surface area contributed by atoms with Crippen LogP contribution < -0.4 is 0 Å². The topological polar surface area (TPSA) is 68.4 Å². The Balaban J connectivity index is 1.39. The van der Waals surface area contributed by atoms with E-state index >= 15 is 0 Å². The zero-order chi connectivity index (χ0) is 15.6. The highest BCUT2D eigenvalue weighted by atomic mass is 16.2. The molecule has 0 radical (unpaired) electrons. The zero-order valence-corrected chi connectivity index (χ0v) is 12.9. The van der Waals surface area contributed by atoms with Crippen molar-refractivity contribution in [2.45, 2.75) is 19.1 Å². The van der Waals surface area contributed by atoms with Gasteiger partial charge >= 0.3 is 6.03 Å². The SMILES string of the molecule is O=C1N(Cc2ccccn2)CC2CN(Cc3ncc[nH]3)CCN12. The summed E-state index contributed by atoms with van der Waals surface area (Å²) in [5.41, 5.74) is 0.938. The number of aromatic amines is 1. The molecule has 1 atom stereocenters. The lowest BCUT2D eigenvalue weighted by molar-refractivity contribution is 0.114. The van der Waals surface area contributed by atoms with Gasteiger partial charge in [0.05, 0.1) is 24.8 Å². The van der Waals surface area contributed by atoms with Crippen LogP contribution >= 0.6 is 0 Å². The van der Waals surface area contributed by atoms with Gasteiger partial charge in [0.25, 0.3) is 0 Å². The first-order valence-corrected chi connectivity index (χ1v) is 7.95. The molecule has 2 aliphatic heterocycles. The molecule has 4 rings (SSSR count). The molecule has 2 aliphatic rings. The lowest BCUT2D eigenvalue weighted by atomic mass is 10.2. The quantitative estimate of drug-likeness (QED) is 0.912. The molecule has 2 aromatic rings. The summed E-state index contributed by atoms with van der Waals surface area (Å²) in [4.78, 5) is 30.6. The van der Waals surface area contributed by atoms with Gasteiger partial charge in [-0.25, -0.2) is 9.78 Å². The van der Waals surface area contributed by atoms with Crippen molar-refractivity contribution in [3.63, 3.8) is 0 Å². The zero-order valence-electron chi connectivity index (χ0n) is 12.9. The maximum Gasteiger partial charge on any atom is 0.320 e. The molecule has 0 spiro atoms. The third-order valence-electron chi connectivity index (χ3n) is 4.52. The van der Waals surface area contributed by atoms with E-state index in [2.05, 4.69) is 19.9 Å². The van der Waals surface area contributed by atoms with E-state index in [1.54, 1.807) is 12.4 Å². The van der Waals surface area contributed by atoms with Crippen molar-refractivity contribution >= 4 is 6.03 Å². The average molecular weight is 312 g/mol. The number of urea groups is 1. The molecule has 2 saturated heterocycles. The molecule has 2 aromatic heterocycles. The van der Waals surface area contributed by atoms with Crippen LogP contribution in [-0.2, 0) is 13.1 Å². The fourth-order valence-electron chi connectivity index (χ4n) is 3.40. The third kappa shape index (κ3) is 2.92. The summed E-state index contributed by atoms with van der Waals surface area (Å²) in [6.45, 7) is 4.73. The normalized spacial score (nSPS) is 21.7. The minimum atomic E-state index is 0.137. The number of aromatic nitrogens is 3. The van der Waals surface area contributed by atoms with Gasteiger partial charge in [-0.1, -0.05) is 6.07 Å². The number of hydrogen-bond acceptors (Lipinski definition) is 4. The Morgan fingerprint density at radius 2 is 2.09 bits per heavy atom. The number of nitrogens with one attached hydrogen (secondary N) is 1. The van der Waals surface area contributed by atoms with Gasteiger partial charge in [0.1, 0.15) is 5.82 Å². The second kappa shape index (κ2) is 6.00. The standard InChI is InChI=1S/C16H20N6O/c23-16-21(9-13-3-1-2-4-17-13)11-14-10-20(7-8-22(14)16)12-15-18-5-6-19-15/h1-6,14H,7-12H2,(H,18,19). The number of carbonyl (C=O) groups excluding carboxylic acids is 1. The molecule has 7 nitrogen and oxygen atoms in total. The Hall–Kier alpha value is -2.41. The Morgan fingerprint density at radius 1 is 1.13 bits per heavy atom. The summed E-state index contributed by atoms with van der Waals surface area (Å²) >= 11 is 0. The molecular weight excluding hydrogens is 292 g/mol. The number of carbonyl (C=O) groups is 1. The van der Waals surface area contributed by atoms with Gasteiger partial charge in [0.2, 0.25) is 0 Å². The number of pyridine rings is 1. The second-order valence-electron chi connectivity index (χ2n) is 6.10. The average Bonchev–Trinajstić information content (AvgIpc) is 3.17. The fourth-order valence-corrected chi connectivity index (χ4v) is 3.40. The van der Waals surface area contributed by atoms with Gasteiger partial charge in [0.15, 0.2) is 0 Å². The lowest BCUT2D eigenvalue weighted by Gasteiger charge is -2.35. The number of nitrogens with zero attached hydrogens (tertiary/aromatic N) is 5. The van der Waals surface area contributed by atoms with Crippen molar-refractivity contribution in [1.82, 2.24) is 29.7 Å². The highest BCUT2D eigenvalue weighted by molar-refractivity contribution is 5.77. The largest absolute Gasteiger partial charge is 0.348 e. The van der Waals surface area contributed by atoms with Crippen LogP contribution in [0.1, 0.15) is 11.5 Å². The van der Waals surface area contributed by atoms with Crippen molar-refractivity contribution in [3.05, 3.63) is 48.3 Å². The predicted molar refractivity (Wildman–Crippen MR) is 84.4 cm³/mol. The minimum absolute atomic E-state index is 0.137. The molecule has 7 heteroatoms. The van der Waals surface area contributed by atoms with Gasteiger partial charge in [0, 0.05) is 44.8 Å². The smallest absolute Gasteiger partial charge is 0.320 e. The highest BCUT2D eigenvalue weighted by Crippen LogP contribution is 2.22. The second-order valence-corrected chi connectivity index (χ2v) is 6.10. The van der Waals surface area contributed by atoms with E-state index in [-0.39, 0.29) is 12.1 Å². The number of piperazine rings is 1. The van der Waals surface area contributed by atoms with Crippen LogP contribution in [0.4, 0.5) is 4.79 Å². The van der Waals surface area contributed by atoms with Crippen molar-refractivity contribution < 1.29 is 4.79 Å². The summed E-state index contributed by atoms with van der Waals surface area (Å²) in [6, 6.07) is 6.22. The first kappa shape index (κ1) is 14.2. The molecule has 0 saturated carbocycles. The Morgan fingerprint density at radius 3 is 2.87 bits per heavy atom. The molecule has 4 heterocycles. The van der Waals surface area contributed by atoms with Gasteiger partial charge in [-0.2, -0.15) is 0 Å². The number of rotatable bonds is 4. The van der Waals surface area contributed by atoms with E-state index < -0.39 is 0 Å². The lowest BCUT2D eigenvalue weighted by Crippen LogP contribution is -2.51. The van der Waals surface area contributed by atoms with Crippen molar-refractivity contribution in [1.29, 1.82) is 0 Å². The monoisotopic (exact) mass is 312 g/mol. The van der Waals surface area contributed by atoms with Crippen LogP contribution in [0.5, 0.6) is 0 Å². The molecule has 0 aromatic carbocycles. The predicted octanol–water partition coefficient (Wildman–Crippen LogP) is 0.927. The van der Waals surface area contributed by atoms with Crippen LogP contribution in [0.25, 0.3) is 0 Å². The summed E-state index contributed by atoms with van der Waals surface area (Å²) < 4.78 is 0. The number of hydrogen-bond donors (Lipinski definition) is 1. The van der Waals surface area contributed by atoms with E-state index in [0.717, 1.165) is 44.2 Å². The molecule has 1 N–H and O–H groups in total. The number of fused-ring (bicyclic) bond motifs is 1. The van der Waals surface area contributed by atoms with Crippen molar-refractivity contribution in [2.75, 3.05) is 26.2 Å². The molecule has 2 fully saturated rings. The molecular formula is C16H20N6O. The molecule has 2 amide bonds. The molecule has 0 aliphatic carbocycles. The number of H-pyrrole nitrogens is 1. The van der Waals surface area contributed by atoms with E-state index in [1.165, 1.54) is 0 Å². The summed E-state index contributed by atoms with van der Waals surface area (Å²) in [5.74, 6) is 0.980. The molecule has 1 unspecified atom stereocenters. The molecule has 0 bridgehead atoms.